The summed E-state index contributed by atoms with van der Waals surface area (Å²) in [6.07, 6.45) is 3.46. The zero-order valence-corrected chi connectivity index (χ0v) is 14.4. The van der Waals surface area contributed by atoms with E-state index in [4.69, 9.17) is 21.4 Å². The topological polar surface area (TPSA) is 50.5 Å². The number of hydrogen-bond acceptors (Lipinski definition) is 4. The summed E-state index contributed by atoms with van der Waals surface area (Å²) >= 11 is 5.63. The molecule has 0 spiro atoms. The van der Waals surface area contributed by atoms with E-state index in [2.05, 4.69) is 15.2 Å². The molecule has 1 fully saturated rings. The Hall–Kier alpha value is -2.86. The van der Waals surface area contributed by atoms with Gasteiger partial charge in [0.25, 0.3) is 0 Å². The average molecular weight is 351 g/mol. The number of aromatic nitrogens is 1. The van der Waals surface area contributed by atoms with E-state index in [1.165, 1.54) is 0 Å². The SMILES string of the molecule is COc1cccc(N2C(=S)N[C@H](c3ccccn3)[C@@H]2c2ccco2)c1. The molecule has 1 aliphatic heterocycles. The maximum absolute atomic E-state index is 5.73. The number of methoxy groups -OCH3 is 1. The molecule has 3 aromatic rings. The van der Waals surface area contributed by atoms with Crippen molar-refractivity contribution in [2.24, 2.45) is 0 Å². The minimum Gasteiger partial charge on any atom is -0.497 e. The van der Waals surface area contributed by atoms with Gasteiger partial charge in [0.2, 0.25) is 0 Å². The van der Waals surface area contributed by atoms with Crippen molar-refractivity contribution in [3.05, 3.63) is 78.5 Å². The van der Waals surface area contributed by atoms with Crippen LogP contribution in [0.2, 0.25) is 0 Å². The highest BCUT2D eigenvalue weighted by Crippen LogP contribution is 2.42. The van der Waals surface area contributed by atoms with E-state index in [-0.39, 0.29) is 12.1 Å². The van der Waals surface area contributed by atoms with Crippen LogP contribution < -0.4 is 15.0 Å². The van der Waals surface area contributed by atoms with Crippen molar-refractivity contribution in [3.8, 4) is 5.75 Å². The van der Waals surface area contributed by atoms with Crippen molar-refractivity contribution in [3.63, 3.8) is 0 Å². The second kappa shape index (κ2) is 6.57. The summed E-state index contributed by atoms with van der Waals surface area (Å²) in [5.74, 6) is 1.60. The minimum atomic E-state index is -0.135. The molecule has 25 heavy (non-hydrogen) atoms. The zero-order valence-electron chi connectivity index (χ0n) is 13.6. The lowest BCUT2D eigenvalue weighted by Gasteiger charge is -2.26. The second-order valence-electron chi connectivity index (χ2n) is 5.71. The van der Waals surface area contributed by atoms with Gasteiger partial charge in [0.05, 0.1) is 25.1 Å². The van der Waals surface area contributed by atoms with Crippen LogP contribution in [0.4, 0.5) is 5.69 Å². The largest absolute Gasteiger partial charge is 0.497 e. The number of ether oxygens (including phenoxy) is 1. The molecule has 0 bridgehead atoms. The molecule has 2 aromatic heterocycles. The molecule has 3 heterocycles. The van der Waals surface area contributed by atoms with Gasteiger partial charge in [0.1, 0.15) is 17.6 Å². The molecule has 4 rings (SSSR count). The second-order valence-corrected chi connectivity index (χ2v) is 6.10. The fourth-order valence-corrected chi connectivity index (χ4v) is 3.49. The molecule has 1 aromatic carbocycles. The number of nitrogens with zero attached hydrogens (tertiary/aromatic N) is 2. The first kappa shape index (κ1) is 15.7. The monoisotopic (exact) mass is 351 g/mol. The Bertz CT molecular complexity index is 867. The Morgan fingerprint density at radius 2 is 2.08 bits per heavy atom. The molecule has 6 heteroatoms. The highest BCUT2D eigenvalue weighted by atomic mass is 32.1. The first-order chi connectivity index (χ1) is 12.3. The van der Waals surface area contributed by atoms with Gasteiger partial charge in [-0.15, -0.1) is 0 Å². The minimum absolute atomic E-state index is 0.106. The Morgan fingerprint density at radius 1 is 1.16 bits per heavy atom. The van der Waals surface area contributed by atoms with Crippen LogP contribution in [0.1, 0.15) is 23.5 Å². The third-order valence-corrected chi connectivity index (χ3v) is 4.58. The number of hydrogen-bond donors (Lipinski definition) is 1. The van der Waals surface area contributed by atoms with Gasteiger partial charge in [-0.05, 0) is 48.6 Å². The van der Waals surface area contributed by atoms with Gasteiger partial charge in [-0.2, -0.15) is 0 Å². The van der Waals surface area contributed by atoms with Gasteiger partial charge >= 0.3 is 0 Å². The third-order valence-electron chi connectivity index (χ3n) is 4.26. The van der Waals surface area contributed by atoms with Crippen molar-refractivity contribution in [1.29, 1.82) is 0 Å². The summed E-state index contributed by atoms with van der Waals surface area (Å²) in [4.78, 5) is 6.55. The Balaban J connectivity index is 1.80. The molecule has 1 aliphatic rings. The van der Waals surface area contributed by atoms with E-state index in [1.54, 1.807) is 19.6 Å². The van der Waals surface area contributed by atoms with Gasteiger partial charge < -0.3 is 19.4 Å². The first-order valence-corrected chi connectivity index (χ1v) is 8.37. The summed E-state index contributed by atoms with van der Waals surface area (Å²) in [5, 5.41) is 4.02. The molecule has 5 nitrogen and oxygen atoms in total. The summed E-state index contributed by atoms with van der Waals surface area (Å²) < 4.78 is 11.1. The zero-order chi connectivity index (χ0) is 17.2. The number of furan rings is 1. The number of pyridine rings is 1. The lowest BCUT2D eigenvalue weighted by molar-refractivity contribution is 0.414. The van der Waals surface area contributed by atoms with E-state index < -0.39 is 0 Å². The van der Waals surface area contributed by atoms with Crippen LogP contribution in [0, 0.1) is 0 Å². The maximum Gasteiger partial charge on any atom is 0.174 e. The first-order valence-electron chi connectivity index (χ1n) is 7.96. The Morgan fingerprint density at radius 3 is 2.80 bits per heavy atom. The molecule has 0 saturated carbocycles. The molecular weight excluding hydrogens is 334 g/mol. The van der Waals surface area contributed by atoms with Gasteiger partial charge in [0.15, 0.2) is 5.11 Å². The standard InChI is InChI=1S/C19H17N3O2S/c1-23-14-7-4-6-13(12-14)22-18(16-9-5-11-24-16)17(21-19(22)25)15-8-2-3-10-20-15/h2-12,17-18H,1H3,(H,21,25)/t17-,18+/m1/s1. The number of nitrogens with one attached hydrogen (secondary N) is 1. The number of anilines is 1. The van der Waals surface area contributed by atoms with Crippen LogP contribution in [-0.2, 0) is 0 Å². The van der Waals surface area contributed by atoms with Gasteiger partial charge in [0, 0.05) is 18.0 Å². The van der Waals surface area contributed by atoms with E-state index in [9.17, 15) is 0 Å². The maximum atomic E-state index is 5.73. The predicted octanol–water partition coefficient (Wildman–Crippen LogP) is 3.86. The molecule has 2 atom stereocenters. The lowest BCUT2D eigenvalue weighted by Crippen LogP contribution is -2.29. The number of rotatable bonds is 4. The smallest absolute Gasteiger partial charge is 0.174 e. The van der Waals surface area contributed by atoms with E-state index >= 15 is 0 Å². The molecular formula is C19H17N3O2S. The van der Waals surface area contributed by atoms with Gasteiger partial charge in [-0.25, -0.2) is 0 Å². The number of benzene rings is 1. The van der Waals surface area contributed by atoms with Crippen molar-refractivity contribution in [2.75, 3.05) is 12.0 Å². The quantitative estimate of drug-likeness (QED) is 0.721. The van der Waals surface area contributed by atoms with Crippen molar-refractivity contribution in [1.82, 2.24) is 10.3 Å². The van der Waals surface area contributed by atoms with Gasteiger partial charge in [-0.3, -0.25) is 4.98 Å². The fourth-order valence-electron chi connectivity index (χ4n) is 3.14. The molecule has 0 unspecified atom stereocenters. The molecule has 0 radical (unpaired) electrons. The van der Waals surface area contributed by atoms with Crippen molar-refractivity contribution < 1.29 is 9.15 Å². The molecule has 126 valence electrons. The Kier molecular flexibility index (Phi) is 4.11. The third kappa shape index (κ3) is 2.85. The van der Waals surface area contributed by atoms with Crippen molar-refractivity contribution in [2.45, 2.75) is 12.1 Å². The number of thiocarbonyl (C=S) groups is 1. The van der Waals surface area contributed by atoms with E-state index in [0.717, 1.165) is 22.9 Å². The highest BCUT2D eigenvalue weighted by molar-refractivity contribution is 7.80. The molecule has 0 aliphatic carbocycles. The van der Waals surface area contributed by atoms with Crippen LogP contribution in [0.15, 0.2) is 71.5 Å². The highest BCUT2D eigenvalue weighted by Gasteiger charge is 2.42. The summed E-state index contributed by atoms with van der Waals surface area (Å²) in [7, 11) is 1.65. The lowest BCUT2D eigenvalue weighted by atomic mass is 10.0. The van der Waals surface area contributed by atoms with Crippen LogP contribution in [-0.4, -0.2) is 17.2 Å². The summed E-state index contributed by atoms with van der Waals surface area (Å²) in [5.41, 5.74) is 1.85. The normalized spacial score (nSPS) is 19.7. The predicted molar refractivity (Wildman–Crippen MR) is 99.6 cm³/mol. The van der Waals surface area contributed by atoms with Crippen molar-refractivity contribution >= 4 is 23.0 Å². The van der Waals surface area contributed by atoms with E-state index in [1.807, 2.05) is 54.6 Å². The fraction of sp³-hybridized carbons (Fsp3) is 0.158. The summed E-state index contributed by atoms with van der Waals surface area (Å²) in [6, 6.07) is 17.3. The van der Waals surface area contributed by atoms with Crippen LogP contribution in [0.3, 0.4) is 0 Å². The van der Waals surface area contributed by atoms with Crippen LogP contribution >= 0.6 is 12.2 Å². The Labute approximate surface area is 151 Å². The summed E-state index contributed by atoms with van der Waals surface area (Å²) in [6.45, 7) is 0. The van der Waals surface area contributed by atoms with Gasteiger partial charge in [-0.1, -0.05) is 12.1 Å². The van der Waals surface area contributed by atoms with Crippen LogP contribution in [0.25, 0.3) is 0 Å². The van der Waals surface area contributed by atoms with Crippen LogP contribution in [0.5, 0.6) is 5.75 Å². The van der Waals surface area contributed by atoms with E-state index in [0.29, 0.717) is 5.11 Å². The molecule has 1 N–H and O–H groups in total. The molecule has 1 saturated heterocycles. The molecule has 0 amide bonds. The average Bonchev–Trinajstić information content (AvgIpc) is 3.30.